The number of rotatable bonds is 9. The van der Waals surface area contributed by atoms with E-state index in [4.69, 9.17) is 9.47 Å². The minimum atomic E-state index is 0.565. The Kier molecular flexibility index (Phi) is 5.46. The van der Waals surface area contributed by atoms with Gasteiger partial charge in [-0.3, -0.25) is 0 Å². The van der Waals surface area contributed by atoms with Crippen molar-refractivity contribution in [3.05, 3.63) is 0 Å². The monoisotopic (exact) mass is 255 g/mol. The quantitative estimate of drug-likeness (QED) is 0.642. The maximum atomic E-state index is 5.23. The lowest BCUT2D eigenvalue weighted by molar-refractivity contribution is 0.110. The van der Waals surface area contributed by atoms with Crippen LogP contribution in [0.1, 0.15) is 38.5 Å². The Balaban J connectivity index is 1.82. The summed E-state index contributed by atoms with van der Waals surface area (Å²) in [7, 11) is 3.58. The van der Waals surface area contributed by atoms with Crippen LogP contribution in [-0.2, 0) is 9.47 Å². The summed E-state index contributed by atoms with van der Waals surface area (Å²) in [5.74, 6) is 1.98. The summed E-state index contributed by atoms with van der Waals surface area (Å²) >= 11 is 0. The van der Waals surface area contributed by atoms with Crippen molar-refractivity contribution in [1.29, 1.82) is 0 Å². The van der Waals surface area contributed by atoms with Gasteiger partial charge in [-0.15, -0.1) is 0 Å². The van der Waals surface area contributed by atoms with Crippen molar-refractivity contribution in [1.82, 2.24) is 5.32 Å². The first kappa shape index (κ1) is 14.3. The van der Waals surface area contributed by atoms with Crippen LogP contribution in [0, 0.1) is 17.3 Å². The minimum absolute atomic E-state index is 0.565. The van der Waals surface area contributed by atoms with E-state index in [0.29, 0.717) is 5.41 Å². The van der Waals surface area contributed by atoms with Gasteiger partial charge in [0.25, 0.3) is 0 Å². The number of hydrogen-bond acceptors (Lipinski definition) is 3. The molecule has 0 heterocycles. The molecule has 0 amide bonds. The SMILES string of the molecule is COCCCC1(CNCCOC)CC2CCC1C2. The zero-order valence-corrected chi connectivity index (χ0v) is 12.0. The minimum Gasteiger partial charge on any atom is -0.385 e. The van der Waals surface area contributed by atoms with Gasteiger partial charge in [0.15, 0.2) is 0 Å². The topological polar surface area (TPSA) is 30.5 Å². The van der Waals surface area contributed by atoms with Gasteiger partial charge in [0.05, 0.1) is 6.61 Å². The van der Waals surface area contributed by atoms with Gasteiger partial charge in [-0.05, 0) is 49.4 Å². The fraction of sp³-hybridized carbons (Fsp3) is 1.00. The average molecular weight is 255 g/mol. The van der Waals surface area contributed by atoms with Crippen LogP contribution in [-0.4, -0.2) is 40.5 Å². The van der Waals surface area contributed by atoms with Crippen LogP contribution >= 0.6 is 0 Å². The number of hydrogen-bond donors (Lipinski definition) is 1. The lowest BCUT2D eigenvalue weighted by atomic mass is 9.70. The third kappa shape index (κ3) is 3.25. The fourth-order valence-corrected chi connectivity index (χ4v) is 4.25. The maximum Gasteiger partial charge on any atom is 0.0587 e. The molecule has 18 heavy (non-hydrogen) atoms. The van der Waals surface area contributed by atoms with Crippen LogP contribution in [0.4, 0.5) is 0 Å². The third-order valence-electron chi connectivity index (χ3n) is 5.09. The molecule has 3 atom stereocenters. The zero-order chi connectivity index (χ0) is 12.8. The van der Waals surface area contributed by atoms with Crippen LogP contribution in [0.2, 0.25) is 0 Å². The molecular weight excluding hydrogens is 226 g/mol. The molecule has 1 N–H and O–H groups in total. The van der Waals surface area contributed by atoms with Crippen molar-refractivity contribution < 1.29 is 9.47 Å². The fourth-order valence-electron chi connectivity index (χ4n) is 4.25. The highest BCUT2D eigenvalue weighted by Gasteiger charge is 2.49. The van der Waals surface area contributed by atoms with E-state index in [0.717, 1.165) is 31.6 Å². The Labute approximate surface area is 112 Å². The highest BCUT2D eigenvalue weighted by atomic mass is 16.5. The van der Waals surface area contributed by atoms with Crippen LogP contribution < -0.4 is 5.32 Å². The Morgan fingerprint density at radius 3 is 2.61 bits per heavy atom. The molecule has 0 aromatic rings. The second kappa shape index (κ2) is 6.88. The highest BCUT2D eigenvalue weighted by molar-refractivity contribution is 5.01. The van der Waals surface area contributed by atoms with Crippen molar-refractivity contribution in [2.75, 3.05) is 40.5 Å². The van der Waals surface area contributed by atoms with Gasteiger partial charge in [0, 0.05) is 33.9 Å². The molecule has 0 aromatic heterocycles. The second-order valence-corrected chi connectivity index (χ2v) is 6.21. The standard InChI is InChI=1S/C15H29NO2/c1-17-8-3-6-15(12-16-7-9-18-2)11-13-4-5-14(15)10-13/h13-14,16H,3-12H2,1-2H3. The summed E-state index contributed by atoms with van der Waals surface area (Å²) in [6, 6.07) is 0. The molecule has 3 heteroatoms. The van der Waals surface area contributed by atoms with E-state index in [-0.39, 0.29) is 0 Å². The highest BCUT2D eigenvalue weighted by Crippen LogP contribution is 2.57. The largest absolute Gasteiger partial charge is 0.385 e. The Morgan fingerprint density at radius 1 is 1.17 bits per heavy atom. The molecular formula is C15H29NO2. The molecule has 2 saturated carbocycles. The first-order valence-electron chi connectivity index (χ1n) is 7.49. The van der Waals surface area contributed by atoms with E-state index in [1.807, 2.05) is 7.11 Å². The number of methoxy groups -OCH3 is 2. The van der Waals surface area contributed by atoms with E-state index in [9.17, 15) is 0 Å². The van der Waals surface area contributed by atoms with Crippen molar-refractivity contribution >= 4 is 0 Å². The van der Waals surface area contributed by atoms with Crippen molar-refractivity contribution in [2.45, 2.75) is 38.5 Å². The number of ether oxygens (including phenoxy) is 2. The maximum absolute atomic E-state index is 5.23. The zero-order valence-electron chi connectivity index (χ0n) is 12.0. The van der Waals surface area contributed by atoms with Gasteiger partial charge < -0.3 is 14.8 Å². The lowest BCUT2D eigenvalue weighted by Gasteiger charge is -2.38. The van der Waals surface area contributed by atoms with E-state index in [1.54, 1.807) is 7.11 Å². The first-order valence-corrected chi connectivity index (χ1v) is 7.49. The molecule has 3 unspecified atom stereocenters. The van der Waals surface area contributed by atoms with E-state index >= 15 is 0 Å². The molecule has 2 aliphatic rings. The summed E-state index contributed by atoms with van der Waals surface area (Å²) in [4.78, 5) is 0. The Bertz CT molecular complexity index is 247. The van der Waals surface area contributed by atoms with Gasteiger partial charge in [-0.1, -0.05) is 6.42 Å². The second-order valence-electron chi connectivity index (χ2n) is 6.21. The van der Waals surface area contributed by atoms with E-state index in [2.05, 4.69) is 5.32 Å². The molecule has 2 aliphatic carbocycles. The van der Waals surface area contributed by atoms with Gasteiger partial charge in [-0.25, -0.2) is 0 Å². The number of fused-ring (bicyclic) bond motifs is 2. The molecule has 0 aromatic carbocycles. The summed E-state index contributed by atoms with van der Waals surface area (Å²) < 4.78 is 10.3. The summed E-state index contributed by atoms with van der Waals surface area (Å²) in [5, 5.41) is 3.62. The van der Waals surface area contributed by atoms with Gasteiger partial charge in [-0.2, -0.15) is 0 Å². The third-order valence-corrected chi connectivity index (χ3v) is 5.09. The van der Waals surface area contributed by atoms with Crippen LogP contribution in [0.15, 0.2) is 0 Å². The molecule has 3 nitrogen and oxygen atoms in total. The van der Waals surface area contributed by atoms with E-state index < -0.39 is 0 Å². The molecule has 0 aliphatic heterocycles. The van der Waals surface area contributed by atoms with E-state index in [1.165, 1.54) is 45.1 Å². The lowest BCUT2D eigenvalue weighted by Crippen LogP contribution is -2.40. The molecule has 2 bridgehead atoms. The predicted octanol–water partition coefficient (Wildman–Crippen LogP) is 2.46. The van der Waals surface area contributed by atoms with Crippen LogP contribution in [0.25, 0.3) is 0 Å². The van der Waals surface area contributed by atoms with Crippen LogP contribution in [0.3, 0.4) is 0 Å². The Morgan fingerprint density at radius 2 is 2.00 bits per heavy atom. The molecule has 2 rings (SSSR count). The summed E-state index contributed by atoms with van der Waals surface area (Å²) in [6.45, 7) is 3.90. The smallest absolute Gasteiger partial charge is 0.0587 e. The molecule has 0 saturated heterocycles. The van der Waals surface area contributed by atoms with Gasteiger partial charge >= 0.3 is 0 Å². The van der Waals surface area contributed by atoms with Crippen LogP contribution in [0.5, 0.6) is 0 Å². The molecule has 2 fully saturated rings. The van der Waals surface area contributed by atoms with Crippen molar-refractivity contribution in [3.8, 4) is 0 Å². The summed E-state index contributed by atoms with van der Waals surface area (Å²) in [5.41, 5.74) is 0.565. The number of nitrogens with one attached hydrogen (secondary N) is 1. The predicted molar refractivity (Wildman–Crippen MR) is 73.7 cm³/mol. The van der Waals surface area contributed by atoms with Crippen molar-refractivity contribution in [3.63, 3.8) is 0 Å². The Hall–Kier alpha value is -0.120. The normalized spacial score (nSPS) is 34.3. The molecule has 106 valence electrons. The first-order chi connectivity index (χ1) is 8.80. The molecule has 0 spiro atoms. The average Bonchev–Trinajstić information content (AvgIpc) is 2.96. The van der Waals surface area contributed by atoms with Gasteiger partial charge in [0.1, 0.15) is 0 Å². The summed E-state index contributed by atoms with van der Waals surface area (Å²) in [6.07, 6.45) is 8.42. The van der Waals surface area contributed by atoms with Gasteiger partial charge in [0.2, 0.25) is 0 Å². The molecule has 0 radical (unpaired) electrons. The van der Waals surface area contributed by atoms with Crippen molar-refractivity contribution in [2.24, 2.45) is 17.3 Å².